The van der Waals surface area contributed by atoms with Crippen LogP contribution in [0.5, 0.6) is 0 Å². The highest BCUT2D eigenvalue weighted by molar-refractivity contribution is 5.76. The molecule has 0 radical (unpaired) electrons. The van der Waals surface area contributed by atoms with E-state index in [1.54, 1.807) is 0 Å². The largest absolute Gasteiger partial charge is 0.344 e. The van der Waals surface area contributed by atoms with E-state index in [0.29, 0.717) is 24.4 Å². The molecule has 3 fully saturated rings. The van der Waals surface area contributed by atoms with E-state index in [2.05, 4.69) is 10.6 Å². The van der Waals surface area contributed by atoms with Crippen molar-refractivity contribution in [2.45, 2.75) is 63.1 Å². The first kappa shape index (κ1) is 13.4. The van der Waals surface area contributed by atoms with Gasteiger partial charge in [-0.15, -0.1) is 0 Å². The molecule has 1 amide bonds. The van der Waals surface area contributed by atoms with E-state index in [4.69, 9.17) is 0 Å². The zero-order valence-electron chi connectivity index (χ0n) is 12.0. The van der Waals surface area contributed by atoms with Gasteiger partial charge in [0.15, 0.2) is 0 Å². The van der Waals surface area contributed by atoms with Gasteiger partial charge in [0, 0.05) is 38.1 Å². The molecule has 108 valence electrons. The molecule has 2 saturated heterocycles. The number of carbonyl (C=O) groups excluding carboxylic acids is 1. The number of rotatable bonds is 3. The zero-order chi connectivity index (χ0) is 13.2. The van der Waals surface area contributed by atoms with E-state index in [-0.39, 0.29) is 0 Å². The third kappa shape index (κ3) is 2.95. The molecular weight excluding hydrogens is 238 g/mol. The molecule has 0 spiro atoms. The van der Waals surface area contributed by atoms with Crippen LogP contribution in [0.3, 0.4) is 0 Å². The van der Waals surface area contributed by atoms with Crippen LogP contribution in [0.2, 0.25) is 0 Å². The fourth-order valence-electron chi connectivity index (χ4n) is 4.21. The molecule has 2 aliphatic heterocycles. The lowest BCUT2D eigenvalue weighted by atomic mass is 9.92. The van der Waals surface area contributed by atoms with E-state index in [1.807, 2.05) is 11.9 Å². The quantitative estimate of drug-likeness (QED) is 0.804. The van der Waals surface area contributed by atoms with Crippen molar-refractivity contribution in [1.82, 2.24) is 15.5 Å². The van der Waals surface area contributed by atoms with Gasteiger partial charge in [-0.05, 0) is 44.6 Å². The van der Waals surface area contributed by atoms with Crippen LogP contribution in [0.15, 0.2) is 0 Å². The molecule has 4 unspecified atom stereocenters. The fourth-order valence-corrected chi connectivity index (χ4v) is 4.21. The van der Waals surface area contributed by atoms with Crippen LogP contribution in [-0.4, -0.2) is 49.1 Å². The van der Waals surface area contributed by atoms with Gasteiger partial charge in [0.1, 0.15) is 0 Å². The summed E-state index contributed by atoms with van der Waals surface area (Å²) in [6.07, 6.45) is 8.48. The van der Waals surface area contributed by atoms with Gasteiger partial charge in [0.25, 0.3) is 0 Å². The highest BCUT2D eigenvalue weighted by atomic mass is 16.2. The first-order chi connectivity index (χ1) is 9.24. The summed E-state index contributed by atoms with van der Waals surface area (Å²) in [5.74, 6) is 1.11. The Labute approximate surface area is 116 Å². The van der Waals surface area contributed by atoms with Crippen LogP contribution in [-0.2, 0) is 4.79 Å². The summed E-state index contributed by atoms with van der Waals surface area (Å²) >= 11 is 0. The summed E-state index contributed by atoms with van der Waals surface area (Å²) in [6.45, 7) is 2.09. The lowest BCUT2D eigenvalue weighted by molar-refractivity contribution is -0.132. The first-order valence-corrected chi connectivity index (χ1v) is 7.97. The van der Waals surface area contributed by atoms with Gasteiger partial charge in [-0.2, -0.15) is 0 Å². The number of nitrogens with zero attached hydrogens (tertiary/aromatic N) is 1. The highest BCUT2D eigenvalue weighted by Gasteiger charge is 2.36. The van der Waals surface area contributed by atoms with E-state index < -0.39 is 0 Å². The number of amides is 1. The molecule has 0 aromatic heterocycles. The summed E-state index contributed by atoms with van der Waals surface area (Å²) in [6, 6.07) is 1.92. The predicted molar refractivity (Wildman–Crippen MR) is 75.9 cm³/mol. The van der Waals surface area contributed by atoms with E-state index in [0.717, 1.165) is 24.9 Å². The Hall–Kier alpha value is -0.610. The van der Waals surface area contributed by atoms with Crippen LogP contribution >= 0.6 is 0 Å². The Bertz CT molecular complexity index is 327. The standard InChI is InChI=1S/C15H27N3O/c1-18-10-11(7-8-15(18)19)17-14-5-2-4-12(14)13-6-3-9-16-13/h11-14,16-17H,2-10H2,1H3. The number of hydrogen-bond acceptors (Lipinski definition) is 3. The summed E-state index contributed by atoms with van der Waals surface area (Å²) < 4.78 is 0. The molecule has 2 heterocycles. The summed E-state index contributed by atoms with van der Waals surface area (Å²) in [5.41, 5.74) is 0. The Morgan fingerprint density at radius 2 is 2.11 bits per heavy atom. The maximum absolute atomic E-state index is 11.5. The molecule has 2 N–H and O–H groups in total. The second kappa shape index (κ2) is 5.80. The van der Waals surface area contributed by atoms with Crippen molar-refractivity contribution in [3.8, 4) is 0 Å². The third-order valence-corrected chi connectivity index (χ3v) is 5.26. The molecule has 19 heavy (non-hydrogen) atoms. The summed E-state index contributed by atoms with van der Waals surface area (Å²) in [4.78, 5) is 13.4. The van der Waals surface area contributed by atoms with Crippen molar-refractivity contribution >= 4 is 5.91 Å². The number of carbonyl (C=O) groups is 1. The normalized spacial score (nSPS) is 40.1. The van der Waals surface area contributed by atoms with Crippen LogP contribution in [0.25, 0.3) is 0 Å². The molecule has 4 atom stereocenters. The van der Waals surface area contributed by atoms with Gasteiger partial charge in [-0.3, -0.25) is 4.79 Å². The van der Waals surface area contributed by atoms with Crippen LogP contribution in [0.1, 0.15) is 44.9 Å². The SMILES string of the molecule is CN1CC(NC2CCCC2C2CCCN2)CCC1=O. The average Bonchev–Trinajstić information content (AvgIpc) is 3.04. The van der Waals surface area contributed by atoms with Crippen molar-refractivity contribution in [1.29, 1.82) is 0 Å². The molecule has 0 aromatic rings. The molecular formula is C15H27N3O. The second-order valence-corrected chi connectivity index (χ2v) is 6.58. The maximum Gasteiger partial charge on any atom is 0.222 e. The molecule has 4 nitrogen and oxygen atoms in total. The molecule has 1 aliphatic carbocycles. The summed E-state index contributed by atoms with van der Waals surface area (Å²) in [5, 5.41) is 7.54. The van der Waals surface area contributed by atoms with E-state index in [1.165, 1.54) is 38.6 Å². The molecule has 0 aromatic carbocycles. The molecule has 3 aliphatic rings. The van der Waals surface area contributed by atoms with Gasteiger partial charge < -0.3 is 15.5 Å². The third-order valence-electron chi connectivity index (χ3n) is 5.26. The number of piperidine rings is 1. The van der Waals surface area contributed by atoms with Gasteiger partial charge in [-0.1, -0.05) is 6.42 Å². The Balaban J connectivity index is 1.55. The van der Waals surface area contributed by atoms with Crippen LogP contribution in [0, 0.1) is 5.92 Å². The predicted octanol–water partition coefficient (Wildman–Crippen LogP) is 1.12. The average molecular weight is 265 g/mol. The minimum atomic E-state index is 0.304. The minimum Gasteiger partial charge on any atom is -0.344 e. The summed E-state index contributed by atoms with van der Waals surface area (Å²) in [7, 11) is 1.93. The smallest absolute Gasteiger partial charge is 0.222 e. The van der Waals surface area contributed by atoms with Gasteiger partial charge in [0.05, 0.1) is 0 Å². The van der Waals surface area contributed by atoms with Crippen LogP contribution < -0.4 is 10.6 Å². The number of likely N-dealkylation sites (tertiary alicyclic amines) is 1. The monoisotopic (exact) mass is 265 g/mol. The first-order valence-electron chi connectivity index (χ1n) is 7.97. The second-order valence-electron chi connectivity index (χ2n) is 6.58. The number of nitrogens with one attached hydrogen (secondary N) is 2. The lowest BCUT2D eigenvalue weighted by Gasteiger charge is -2.35. The number of likely N-dealkylation sites (N-methyl/N-ethyl adjacent to an activating group) is 1. The molecule has 1 saturated carbocycles. The van der Waals surface area contributed by atoms with Crippen molar-refractivity contribution in [3.05, 3.63) is 0 Å². The van der Waals surface area contributed by atoms with Crippen LogP contribution in [0.4, 0.5) is 0 Å². The maximum atomic E-state index is 11.5. The molecule has 4 heteroatoms. The Kier molecular flexibility index (Phi) is 4.08. The van der Waals surface area contributed by atoms with Gasteiger partial charge >= 0.3 is 0 Å². The van der Waals surface area contributed by atoms with Gasteiger partial charge in [-0.25, -0.2) is 0 Å². The number of hydrogen-bond donors (Lipinski definition) is 2. The molecule has 3 rings (SSSR count). The Morgan fingerprint density at radius 3 is 2.84 bits per heavy atom. The van der Waals surface area contributed by atoms with Gasteiger partial charge in [0.2, 0.25) is 5.91 Å². The van der Waals surface area contributed by atoms with Crippen molar-refractivity contribution < 1.29 is 4.79 Å². The lowest BCUT2D eigenvalue weighted by Crippen LogP contribution is -2.52. The van der Waals surface area contributed by atoms with Crippen molar-refractivity contribution in [2.75, 3.05) is 20.1 Å². The fraction of sp³-hybridized carbons (Fsp3) is 0.933. The van der Waals surface area contributed by atoms with Crippen molar-refractivity contribution in [3.63, 3.8) is 0 Å². The Morgan fingerprint density at radius 1 is 1.21 bits per heavy atom. The highest BCUT2D eigenvalue weighted by Crippen LogP contribution is 2.32. The molecule has 0 bridgehead atoms. The van der Waals surface area contributed by atoms with Crippen molar-refractivity contribution in [2.24, 2.45) is 5.92 Å². The topological polar surface area (TPSA) is 44.4 Å². The van der Waals surface area contributed by atoms with E-state index in [9.17, 15) is 4.79 Å². The van der Waals surface area contributed by atoms with E-state index >= 15 is 0 Å². The zero-order valence-corrected chi connectivity index (χ0v) is 12.0. The minimum absolute atomic E-state index is 0.304.